The van der Waals surface area contributed by atoms with Gasteiger partial charge in [-0.15, -0.1) is 16.9 Å². The number of carbonyl (C=O) groups excluding carboxylic acids is 1. The van der Waals surface area contributed by atoms with E-state index in [4.69, 9.17) is 10.6 Å². The van der Waals surface area contributed by atoms with Crippen molar-refractivity contribution in [2.24, 2.45) is 10.9 Å². The topological polar surface area (TPSA) is 76.7 Å². The Kier molecular flexibility index (Phi) is 8.04. The van der Waals surface area contributed by atoms with Crippen molar-refractivity contribution in [2.45, 2.75) is 26.4 Å². The van der Waals surface area contributed by atoms with E-state index < -0.39 is 0 Å². The minimum atomic E-state index is -0.0369. The monoisotopic (exact) mass is 307 g/mol. The Labute approximate surface area is 129 Å². The van der Waals surface area contributed by atoms with Crippen LogP contribution < -0.4 is 11.1 Å². The zero-order valence-corrected chi connectivity index (χ0v) is 13.0. The maximum Gasteiger partial charge on any atom is 0.217 e. The van der Waals surface area contributed by atoms with Crippen LogP contribution in [0.2, 0.25) is 0 Å². The first-order valence-electron chi connectivity index (χ1n) is 6.58. The molecule has 0 aliphatic heterocycles. The van der Waals surface area contributed by atoms with Gasteiger partial charge in [0.25, 0.3) is 0 Å². The van der Waals surface area contributed by atoms with Crippen LogP contribution in [0.5, 0.6) is 0 Å². The predicted molar refractivity (Wildman–Crippen MR) is 87.6 cm³/mol. The molecule has 0 atom stereocenters. The van der Waals surface area contributed by atoms with Crippen LogP contribution in [0.3, 0.4) is 0 Å². The van der Waals surface area contributed by atoms with E-state index in [1.165, 1.54) is 24.2 Å². The molecule has 0 radical (unpaired) electrons. The zero-order chi connectivity index (χ0) is 15.5. The summed E-state index contributed by atoms with van der Waals surface area (Å²) in [7, 11) is 0. The third kappa shape index (κ3) is 8.04. The smallest absolute Gasteiger partial charge is 0.217 e. The summed E-state index contributed by atoms with van der Waals surface area (Å²) >= 11 is 1.48. The first kappa shape index (κ1) is 17.1. The van der Waals surface area contributed by atoms with Crippen LogP contribution >= 0.6 is 11.8 Å². The molecule has 0 aromatic heterocycles. The Morgan fingerprint density at radius 1 is 1.43 bits per heavy atom. The van der Waals surface area contributed by atoms with E-state index in [9.17, 15) is 4.79 Å². The molecule has 114 valence electrons. The van der Waals surface area contributed by atoms with E-state index in [1.807, 2.05) is 17.5 Å². The summed E-state index contributed by atoms with van der Waals surface area (Å²) < 4.78 is 0. The second kappa shape index (κ2) is 9.88. The molecule has 1 aromatic rings. The fourth-order valence-corrected chi connectivity index (χ4v) is 2.26. The fraction of sp³-hybridized carbons (Fsp3) is 0.333. The molecule has 1 aromatic carbocycles. The highest BCUT2D eigenvalue weighted by molar-refractivity contribution is 8.02. The molecule has 5 nitrogen and oxygen atoms in total. The van der Waals surface area contributed by atoms with Gasteiger partial charge in [-0.05, 0) is 29.4 Å². The number of nitrogens with two attached hydrogens (primary N) is 1. The number of allylic oxidation sites excluding steroid dienone is 1. The van der Waals surface area contributed by atoms with Crippen LogP contribution in [0.1, 0.15) is 24.5 Å². The molecule has 1 amide bonds. The van der Waals surface area contributed by atoms with Crippen LogP contribution in [0.15, 0.2) is 40.5 Å². The minimum Gasteiger partial charge on any atom is -0.402 e. The molecule has 3 N–H and O–H groups in total. The third-order valence-electron chi connectivity index (χ3n) is 2.69. The van der Waals surface area contributed by atoms with Crippen molar-refractivity contribution in [2.75, 3.05) is 5.88 Å². The number of hydrogen-bond donors (Lipinski definition) is 2. The highest BCUT2D eigenvalue weighted by Gasteiger charge is 1.98. The second-order valence-electron chi connectivity index (χ2n) is 4.46. The molecule has 0 unspecified atom stereocenters. The molecule has 0 aliphatic carbocycles. The number of thioether (sulfide) groups is 1. The number of rotatable bonds is 9. The Balaban J connectivity index is 2.31. The quantitative estimate of drug-likeness (QED) is 0.318. The van der Waals surface area contributed by atoms with Crippen molar-refractivity contribution in [1.29, 1.82) is 0 Å². The van der Waals surface area contributed by atoms with Gasteiger partial charge in [-0.25, -0.2) is 0 Å². The average molecular weight is 307 g/mol. The molecule has 1 rings (SSSR count). The molecule has 0 spiro atoms. The lowest BCUT2D eigenvalue weighted by Crippen LogP contribution is -2.18. The summed E-state index contributed by atoms with van der Waals surface area (Å²) in [5.74, 6) is 0.507. The number of amides is 1. The van der Waals surface area contributed by atoms with Gasteiger partial charge in [0.2, 0.25) is 5.91 Å². The lowest BCUT2D eigenvalue weighted by molar-refractivity contribution is -0.118. The Hall–Kier alpha value is -1.95. The number of nitrogens with one attached hydrogen (secondary N) is 1. The van der Waals surface area contributed by atoms with Gasteiger partial charge in [0, 0.05) is 19.3 Å². The second-order valence-corrected chi connectivity index (χ2v) is 5.31. The third-order valence-corrected chi connectivity index (χ3v) is 3.47. The van der Waals surface area contributed by atoms with Gasteiger partial charge in [0.1, 0.15) is 6.61 Å². The first-order valence-corrected chi connectivity index (χ1v) is 7.63. The maximum atomic E-state index is 10.7. The number of benzene rings is 1. The van der Waals surface area contributed by atoms with Crippen molar-refractivity contribution in [1.82, 2.24) is 5.32 Å². The van der Waals surface area contributed by atoms with Crippen molar-refractivity contribution >= 4 is 24.4 Å². The van der Waals surface area contributed by atoms with Gasteiger partial charge < -0.3 is 15.9 Å². The summed E-state index contributed by atoms with van der Waals surface area (Å²) in [4.78, 5) is 15.6. The molecule has 6 heteroatoms. The number of aryl methyl sites for hydroxylation is 1. The Morgan fingerprint density at radius 3 is 2.71 bits per heavy atom. The summed E-state index contributed by atoms with van der Waals surface area (Å²) in [6.45, 7) is 5.19. The number of carbonyl (C=O) groups is 1. The molecule has 0 fully saturated rings. The van der Waals surface area contributed by atoms with E-state index in [0.717, 1.165) is 24.1 Å². The minimum absolute atomic E-state index is 0.0369. The molecule has 0 bridgehead atoms. The number of oxime groups is 1. The number of hydrogen-bond acceptors (Lipinski definition) is 5. The van der Waals surface area contributed by atoms with Crippen molar-refractivity contribution in [3.05, 3.63) is 46.5 Å². The van der Waals surface area contributed by atoms with Crippen molar-refractivity contribution in [3.63, 3.8) is 0 Å². The van der Waals surface area contributed by atoms with E-state index in [-0.39, 0.29) is 5.91 Å². The van der Waals surface area contributed by atoms with Crippen molar-refractivity contribution < 1.29 is 9.63 Å². The van der Waals surface area contributed by atoms with Crippen LogP contribution in [-0.2, 0) is 22.7 Å². The summed E-state index contributed by atoms with van der Waals surface area (Å²) in [6, 6.07) is 8.12. The Bertz CT molecular complexity index is 486. The average Bonchev–Trinajstić information content (AvgIpc) is 2.48. The lowest BCUT2D eigenvalue weighted by atomic mass is 10.1. The van der Waals surface area contributed by atoms with Crippen LogP contribution in [0.4, 0.5) is 0 Å². The van der Waals surface area contributed by atoms with Gasteiger partial charge in [-0.3, -0.25) is 4.79 Å². The van der Waals surface area contributed by atoms with Gasteiger partial charge in [0.05, 0.1) is 5.88 Å². The normalized spacial score (nSPS) is 11.0. The Morgan fingerprint density at radius 2 is 2.10 bits per heavy atom. The molecular formula is C15H21N3O2S. The van der Waals surface area contributed by atoms with Crippen LogP contribution in [0, 0.1) is 0 Å². The predicted octanol–water partition coefficient (Wildman–Crippen LogP) is 2.38. The van der Waals surface area contributed by atoms with E-state index in [1.54, 1.807) is 0 Å². The van der Waals surface area contributed by atoms with Crippen molar-refractivity contribution in [3.8, 4) is 0 Å². The molecule has 21 heavy (non-hydrogen) atoms. The van der Waals surface area contributed by atoms with E-state index in [0.29, 0.717) is 12.5 Å². The highest BCUT2D eigenvalue weighted by Crippen LogP contribution is 2.11. The van der Waals surface area contributed by atoms with Crippen LogP contribution in [-0.4, -0.2) is 18.5 Å². The first-order chi connectivity index (χ1) is 10.1. The summed E-state index contributed by atoms with van der Waals surface area (Å²) in [6.07, 6.45) is 1.67. The van der Waals surface area contributed by atoms with E-state index in [2.05, 4.69) is 29.3 Å². The fourth-order valence-electron chi connectivity index (χ4n) is 1.56. The van der Waals surface area contributed by atoms with Crippen LogP contribution in [0.25, 0.3) is 0 Å². The SMILES string of the molecule is C=NOCc1ccc(CC/C(N)=C/SCNC(C)=O)cc1. The summed E-state index contributed by atoms with van der Waals surface area (Å²) in [5.41, 5.74) is 9.01. The van der Waals surface area contributed by atoms with E-state index >= 15 is 0 Å². The molecular weight excluding hydrogens is 286 g/mol. The standard InChI is InChI=1S/C15H21N3O2S/c1-12(19)18-11-21-10-15(16)8-7-13-3-5-14(6-4-13)9-20-17-2/h3-6,10H,2,7-9,11,16H2,1H3,(H,18,19)/b15-10-. The van der Waals surface area contributed by atoms with Gasteiger partial charge in [0.15, 0.2) is 0 Å². The lowest BCUT2D eigenvalue weighted by Gasteiger charge is -2.05. The highest BCUT2D eigenvalue weighted by atomic mass is 32.2. The zero-order valence-electron chi connectivity index (χ0n) is 12.2. The largest absolute Gasteiger partial charge is 0.402 e. The number of nitrogens with zero attached hydrogens (tertiary/aromatic N) is 1. The molecule has 0 heterocycles. The van der Waals surface area contributed by atoms with Gasteiger partial charge >= 0.3 is 0 Å². The van der Waals surface area contributed by atoms with Gasteiger partial charge in [-0.1, -0.05) is 24.3 Å². The molecule has 0 saturated carbocycles. The summed E-state index contributed by atoms with van der Waals surface area (Å²) in [5, 5.41) is 7.94. The molecule has 0 saturated heterocycles. The van der Waals surface area contributed by atoms with Gasteiger partial charge in [-0.2, -0.15) is 0 Å². The molecule has 0 aliphatic rings. The maximum absolute atomic E-state index is 10.7.